The predicted octanol–water partition coefficient (Wildman–Crippen LogP) is 1.30. The van der Waals surface area contributed by atoms with Gasteiger partial charge in [0.1, 0.15) is 5.75 Å². The second-order valence-corrected chi connectivity index (χ2v) is 4.63. The predicted molar refractivity (Wildman–Crippen MR) is 72.6 cm³/mol. The van der Waals surface area contributed by atoms with E-state index < -0.39 is 0 Å². The summed E-state index contributed by atoms with van der Waals surface area (Å²) >= 11 is 0. The molecule has 6 nitrogen and oxygen atoms in total. The zero-order valence-corrected chi connectivity index (χ0v) is 11.5. The molecule has 0 saturated carbocycles. The van der Waals surface area contributed by atoms with E-state index in [1.807, 2.05) is 12.1 Å². The van der Waals surface area contributed by atoms with Crippen LogP contribution in [0.3, 0.4) is 0 Å². The van der Waals surface area contributed by atoms with Crippen molar-refractivity contribution in [3.8, 4) is 11.4 Å². The summed E-state index contributed by atoms with van der Waals surface area (Å²) in [6.07, 6.45) is 0.649. The molecular formula is C13H19N5O. The van der Waals surface area contributed by atoms with Crippen molar-refractivity contribution in [2.45, 2.75) is 26.2 Å². The minimum Gasteiger partial charge on any atom is -0.496 e. The molecule has 0 bridgehead atoms. The smallest absolute Gasteiger partial charge is 0.157 e. The Morgan fingerprint density at radius 1 is 1.37 bits per heavy atom. The van der Waals surface area contributed by atoms with E-state index in [9.17, 15) is 0 Å². The lowest BCUT2D eigenvalue weighted by Crippen LogP contribution is -2.10. The highest BCUT2D eigenvalue weighted by molar-refractivity contribution is 5.45. The van der Waals surface area contributed by atoms with Gasteiger partial charge in [0.05, 0.1) is 12.8 Å². The molecule has 0 fully saturated rings. The van der Waals surface area contributed by atoms with Crippen LogP contribution in [-0.2, 0) is 6.42 Å². The van der Waals surface area contributed by atoms with Gasteiger partial charge in [0.25, 0.3) is 0 Å². The van der Waals surface area contributed by atoms with Gasteiger partial charge >= 0.3 is 0 Å². The monoisotopic (exact) mass is 261 g/mol. The number of ether oxygens (including phenoxy) is 1. The fraction of sp³-hybridized carbons (Fsp3) is 0.462. The lowest BCUT2D eigenvalue weighted by molar-refractivity contribution is 0.407. The third-order valence-corrected chi connectivity index (χ3v) is 2.98. The van der Waals surface area contributed by atoms with Crippen LogP contribution in [0.1, 0.15) is 31.2 Å². The first-order valence-corrected chi connectivity index (χ1v) is 6.33. The van der Waals surface area contributed by atoms with Gasteiger partial charge in [-0.1, -0.05) is 13.8 Å². The molecule has 0 amide bonds. The molecule has 0 aliphatic carbocycles. The molecule has 1 aromatic carbocycles. The molecule has 2 rings (SSSR count). The van der Waals surface area contributed by atoms with Gasteiger partial charge in [0.15, 0.2) is 5.82 Å². The summed E-state index contributed by atoms with van der Waals surface area (Å²) in [5.74, 6) is 2.01. The summed E-state index contributed by atoms with van der Waals surface area (Å²) in [6, 6.07) is 5.94. The van der Waals surface area contributed by atoms with Crippen LogP contribution in [0.15, 0.2) is 18.2 Å². The highest BCUT2D eigenvalue weighted by Crippen LogP contribution is 2.28. The second-order valence-electron chi connectivity index (χ2n) is 4.63. The molecule has 19 heavy (non-hydrogen) atoms. The number of rotatable bonds is 5. The maximum Gasteiger partial charge on any atom is 0.157 e. The van der Waals surface area contributed by atoms with E-state index in [1.165, 1.54) is 0 Å². The van der Waals surface area contributed by atoms with Crippen LogP contribution in [-0.4, -0.2) is 33.9 Å². The van der Waals surface area contributed by atoms with Crippen molar-refractivity contribution in [2.75, 3.05) is 13.7 Å². The van der Waals surface area contributed by atoms with Crippen molar-refractivity contribution in [3.63, 3.8) is 0 Å². The number of aromatic nitrogens is 4. The van der Waals surface area contributed by atoms with E-state index in [0.717, 1.165) is 22.8 Å². The fourth-order valence-electron chi connectivity index (χ4n) is 2.00. The van der Waals surface area contributed by atoms with Gasteiger partial charge < -0.3 is 10.5 Å². The van der Waals surface area contributed by atoms with E-state index in [1.54, 1.807) is 11.8 Å². The average molecular weight is 261 g/mol. The zero-order valence-electron chi connectivity index (χ0n) is 11.5. The van der Waals surface area contributed by atoms with Gasteiger partial charge in [-0.15, -0.1) is 5.10 Å². The van der Waals surface area contributed by atoms with Crippen LogP contribution >= 0.6 is 0 Å². The van der Waals surface area contributed by atoms with Crippen LogP contribution in [0.4, 0.5) is 0 Å². The second kappa shape index (κ2) is 5.79. The van der Waals surface area contributed by atoms with Crippen molar-refractivity contribution in [3.05, 3.63) is 29.6 Å². The molecule has 0 saturated heterocycles. The van der Waals surface area contributed by atoms with Crippen molar-refractivity contribution in [1.82, 2.24) is 20.2 Å². The first-order chi connectivity index (χ1) is 9.17. The lowest BCUT2D eigenvalue weighted by atomic mass is 10.0. The number of hydrogen-bond donors (Lipinski definition) is 1. The van der Waals surface area contributed by atoms with Gasteiger partial charge in [-0.05, 0) is 46.7 Å². The Bertz CT molecular complexity index is 550. The molecule has 0 aliphatic rings. The Balaban J connectivity index is 2.45. The minimum atomic E-state index is 0.365. The molecule has 2 N–H and O–H groups in total. The van der Waals surface area contributed by atoms with Gasteiger partial charge in [-0.2, -0.15) is 4.68 Å². The molecule has 102 valence electrons. The average Bonchev–Trinajstić information content (AvgIpc) is 2.86. The summed E-state index contributed by atoms with van der Waals surface area (Å²) in [7, 11) is 1.68. The summed E-state index contributed by atoms with van der Waals surface area (Å²) in [5.41, 5.74) is 7.62. The topological polar surface area (TPSA) is 78.8 Å². The SMILES string of the molecule is COc1ccc(-n2nnnc2CCN)cc1C(C)C. The molecular weight excluding hydrogens is 242 g/mol. The number of benzene rings is 1. The summed E-state index contributed by atoms with van der Waals surface area (Å²) < 4.78 is 7.10. The molecule has 0 atom stereocenters. The van der Waals surface area contributed by atoms with E-state index in [-0.39, 0.29) is 0 Å². The normalized spacial score (nSPS) is 11.0. The van der Waals surface area contributed by atoms with E-state index in [0.29, 0.717) is 18.9 Å². The Hall–Kier alpha value is -1.95. The highest BCUT2D eigenvalue weighted by Gasteiger charge is 2.12. The standard InChI is InChI=1S/C13H19N5O/c1-9(2)11-8-10(4-5-12(11)19-3)18-13(6-7-14)15-16-17-18/h4-5,8-9H,6-7,14H2,1-3H3. The number of methoxy groups -OCH3 is 1. The van der Waals surface area contributed by atoms with Crippen LogP contribution in [0, 0.1) is 0 Å². The Kier molecular flexibility index (Phi) is 4.11. The Morgan fingerprint density at radius 3 is 2.79 bits per heavy atom. The molecule has 1 aromatic heterocycles. The summed E-state index contributed by atoms with van der Waals surface area (Å²) in [4.78, 5) is 0. The van der Waals surface area contributed by atoms with Crippen molar-refractivity contribution >= 4 is 0 Å². The highest BCUT2D eigenvalue weighted by atomic mass is 16.5. The van der Waals surface area contributed by atoms with Crippen LogP contribution in [0.2, 0.25) is 0 Å². The van der Waals surface area contributed by atoms with Gasteiger partial charge in [0, 0.05) is 6.42 Å². The molecule has 2 aromatic rings. The maximum absolute atomic E-state index is 5.56. The minimum absolute atomic E-state index is 0.365. The maximum atomic E-state index is 5.56. The van der Waals surface area contributed by atoms with Crippen molar-refractivity contribution < 1.29 is 4.74 Å². The Morgan fingerprint density at radius 2 is 2.16 bits per heavy atom. The van der Waals surface area contributed by atoms with E-state index in [4.69, 9.17) is 10.5 Å². The van der Waals surface area contributed by atoms with Crippen LogP contribution in [0.25, 0.3) is 5.69 Å². The third kappa shape index (κ3) is 2.73. The molecule has 0 aliphatic heterocycles. The zero-order chi connectivity index (χ0) is 13.8. The van der Waals surface area contributed by atoms with Crippen molar-refractivity contribution in [1.29, 1.82) is 0 Å². The quantitative estimate of drug-likeness (QED) is 0.877. The molecule has 6 heteroatoms. The number of nitrogens with two attached hydrogens (primary N) is 1. The molecule has 1 heterocycles. The van der Waals surface area contributed by atoms with Gasteiger partial charge in [0.2, 0.25) is 0 Å². The lowest BCUT2D eigenvalue weighted by Gasteiger charge is -2.13. The number of nitrogens with zero attached hydrogens (tertiary/aromatic N) is 4. The fourth-order valence-corrected chi connectivity index (χ4v) is 2.00. The first-order valence-electron chi connectivity index (χ1n) is 6.33. The number of hydrogen-bond acceptors (Lipinski definition) is 5. The summed E-state index contributed by atoms with van der Waals surface area (Å²) in [6.45, 7) is 4.78. The largest absolute Gasteiger partial charge is 0.496 e. The molecule has 0 radical (unpaired) electrons. The van der Waals surface area contributed by atoms with Crippen LogP contribution in [0.5, 0.6) is 5.75 Å². The van der Waals surface area contributed by atoms with E-state index in [2.05, 4.69) is 35.4 Å². The number of tetrazole rings is 1. The van der Waals surface area contributed by atoms with Gasteiger partial charge in [-0.25, -0.2) is 0 Å². The van der Waals surface area contributed by atoms with Gasteiger partial charge in [-0.3, -0.25) is 0 Å². The molecule has 0 spiro atoms. The van der Waals surface area contributed by atoms with Crippen LogP contribution < -0.4 is 10.5 Å². The Labute approximate surface area is 112 Å². The third-order valence-electron chi connectivity index (χ3n) is 2.98. The molecule has 0 unspecified atom stereocenters. The summed E-state index contributed by atoms with van der Waals surface area (Å²) in [5, 5.41) is 11.7. The van der Waals surface area contributed by atoms with Crippen molar-refractivity contribution in [2.24, 2.45) is 5.73 Å². The van der Waals surface area contributed by atoms with E-state index >= 15 is 0 Å². The first kappa shape index (κ1) is 13.5.